The van der Waals surface area contributed by atoms with E-state index in [0.717, 1.165) is 5.56 Å². The van der Waals surface area contributed by atoms with Gasteiger partial charge >= 0.3 is 5.97 Å². The van der Waals surface area contributed by atoms with Crippen molar-refractivity contribution in [1.82, 2.24) is 4.90 Å². The number of carbonyl (C=O) groups excluding carboxylic acids is 1. The second kappa shape index (κ2) is 5.01. The van der Waals surface area contributed by atoms with E-state index >= 15 is 0 Å². The number of aliphatic carboxylic acids is 1. The smallest absolute Gasteiger partial charge is 0.311 e. The summed E-state index contributed by atoms with van der Waals surface area (Å²) in [5.74, 6) is -1.08. The van der Waals surface area contributed by atoms with E-state index in [-0.39, 0.29) is 12.5 Å². The molecule has 2 unspecified atom stereocenters. The summed E-state index contributed by atoms with van der Waals surface area (Å²) < 4.78 is 0. The highest BCUT2D eigenvalue weighted by Gasteiger charge is 2.43. The molecule has 1 fully saturated rings. The highest BCUT2D eigenvalue weighted by Crippen LogP contribution is 2.31. The normalized spacial score (nSPS) is 24.2. The number of hydrogen-bond donors (Lipinski definition) is 2. The Morgan fingerprint density at radius 3 is 2.53 bits per heavy atom. The Labute approximate surface area is 112 Å². The van der Waals surface area contributed by atoms with Crippen molar-refractivity contribution in [2.75, 3.05) is 13.1 Å². The molecule has 2 rings (SSSR count). The van der Waals surface area contributed by atoms with Crippen molar-refractivity contribution in [3.63, 3.8) is 0 Å². The van der Waals surface area contributed by atoms with Gasteiger partial charge in [0.1, 0.15) is 6.04 Å². The number of nitrogens with two attached hydrogens (primary N) is 1. The topological polar surface area (TPSA) is 83.6 Å². The summed E-state index contributed by atoms with van der Waals surface area (Å²) in [6.45, 7) is 2.33. The molecule has 5 heteroatoms. The number of rotatable bonds is 3. The lowest BCUT2D eigenvalue weighted by molar-refractivity contribution is -0.147. The van der Waals surface area contributed by atoms with Gasteiger partial charge in [-0.1, -0.05) is 30.3 Å². The van der Waals surface area contributed by atoms with Crippen molar-refractivity contribution in [2.45, 2.75) is 19.4 Å². The Balaban J connectivity index is 2.08. The molecular weight excluding hydrogens is 244 g/mol. The lowest BCUT2D eigenvalue weighted by Gasteiger charge is -2.23. The lowest BCUT2D eigenvalue weighted by atomic mass is 9.90. The van der Waals surface area contributed by atoms with Crippen LogP contribution in [0.4, 0.5) is 0 Å². The minimum absolute atomic E-state index is 0.212. The van der Waals surface area contributed by atoms with Crippen LogP contribution in [0.15, 0.2) is 30.3 Å². The Bertz CT molecular complexity index is 489. The predicted molar refractivity (Wildman–Crippen MR) is 70.3 cm³/mol. The molecule has 1 saturated heterocycles. The molecule has 0 saturated carbocycles. The van der Waals surface area contributed by atoms with Crippen LogP contribution in [-0.2, 0) is 9.59 Å². The van der Waals surface area contributed by atoms with Gasteiger partial charge in [0, 0.05) is 13.1 Å². The summed E-state index contributed by atoms with van der Waals surface area (Å²) in [7, 11) is 0. The Morgan fingerprint density at radius 1 is 1.37 bits per heavy atom. The molecule has 0 radical (unpaired) electrons. The SMILES string of the molecule is CC1(C(=O)O)CCN(C(=O)C(N)c2ccccc2)C1. The number of carbonyl (C=O) groups is 2. The molecule has 2 atom stereocenters. The summed E-state index contributed by atoms with van der Waals surface area (Å²) in [6.07, 6.45) is 0.468. The van der Waals surface area contributed by atoms with Crippen molar-refractivity contribution in [1.29, 1.82) is 0 Å². The van der Waals surface area contributed by atoms with Gasteiger partial charge in [-0.15, -0.1) is 0 Å². The lowest BCUT2D eigenvalue weighted by Crippen LogP contribution is -2.39. The maximum Gasteiger partial charge on any atom is 0.311 e. The van der Waals surface area contributed by atoms with Crippen LogP contribution in [0, 0.1) is 5.41 Å². The van der Waals surface area contributed by atoms with Gasteiger partial charge < -0.3 is 15.7 Å². The maximum atomic E-state index is 12.3. The van der Waals surface area contributed by atoms with E-state index in [9.17, 15) is 9.59 Å². The summed E-state index contributed by atoms with van der Waals surface area (Å²) in [6, 6.07) is 8.39. The number of likely N-dealkylation sites (tertiary alicyclic amines) is 1. The van der Waals surface area contributed by atoms with Gasteiger partial charge in [0.2, 0.25) is 5.91 Å². The first-order valence-corrected chi connectivity index (χ1v) is 6.27. The third-order valence-electron chi connectivity index (χ3n) is 3.73. The van der Waals surface area contributed by atoms with E-state index in [1.54, 1.807) is 24.0 Å². The number of hydrogen-bond acceptors (Lipinski definition) is 3. The molecule has 102 valence electrons. The number of carboxylic acid groups (broad SMARTS) is 1. The Kier molecular flexibility index (Phi) is 3.57. The summed E-state index contributed by atoms with van der Waals surface area (Å²) >= 11 is 0. The van der Waals surface area contributed by atoms with E-state index in [2.05, 4.69) is 0 Å². The molecule has 1 aromatic rings. The van der Waals surface area contributed by atoms with Crippen molar-refractivity contribution in [2.24, 2.45) is 11.1 Å². The van der Waals surface area contributed by atoms with Gasteiger partial charge in [-0.2, -0.15) is 0 Å². The first kappa shape index (κ1) is 13.5. The number of carboxylic acids is 1. The highest BCUT2D eigenvalue weighted by molar-refractivity contribution is 5.85. The number of benzene rings is 1. The molecule has 1 aromatic carbocycles. The van der Waals surface area contributed by atoms with Crippen LogP contribution >= 0.6 is 0 Å². The first-order chi connectivity index (χ1) is 8.94. The zero-order valence-corrected chi connectivity index (χ0v) is 10.9. The Morgan fingerprint density at radius 2 is 2.00 bits per heavy atom. The first-order valence-electron chi connectivity index (χ1n) is 6.27. The molecule has 19 heavy (non-hydrogen) atoms. The minimum Gasteiger partial charge on any atom is -0.481 e. The van der Waals surface area contributed by atoms with Crippen LogP contribution in [0.25, 0.3) is 0 Å². The van der Waals surface area contributed by atoms with Crippen LogP contribution in [0.1, 0.15) is 24.9 Å². The van der Waals surface area contributed by atoms with Crippen LogP contribution in [0.2, 0.25) is 0 Å². The highest BCUT2D eigenvalue weighted by atomic mass is 16.4. The fourth-order valence-electron chi connectivity index (χ4n) is 2.32. The molecule has 1 amide bonds. The van der Waals surface area contributed by atoms with Crippen molar-refractivity contribution in [3.8, 4) is 0 Å². The zero-order chi connectivity index (χ0) is 14.0. The molecule has 0 aliphatic carbocycles. The number of amides is 1. The average Bonchev–Trinajstić information content (AvgIpc) is 2.82. The molecular formula is C14H18N2O3. The molecule has 1 heterocycles. The van der Waals surface area contributed by atoms with Crippen LogP contribution < -0.4 is 5.73 Å². The minimum atomic E-state index is -0.865. The van der Waals surface area contributed by atoms with E-state index in [1.807, 2.05) is 18.2 Å². The fourth-order valence-corrected chi connectivity index (χ4v) is 2.32. The molecule has 1 aliphatic rings. The van der Waals surface area contributed by atoms with E-state index < -0.39 is 17.4 Å². The second-order valence-electron chi connectivity index (χ2n) is 5.26. The van der Waals surface area contributed by atoms with Crippen molar-refractivity contribution in [3.05, 3.63) is 35.9 Å². The quantitative estimate of drug-likeness (QED) is 0.851. The maximum absolute atomic E-state index is 12.3. The van der Waals surface area contributed by atoms with E-state index in [1.165, 1.54) is 0 Å². The fraction of sp³-hybridized carbons (Fsp3) is 0.429. The summed E-state index contributed by atoms with van der Waals surface area (Å²) in [5.41, 5.74) is 5.84. The van der Waals surface area contributed by atoms with Crippen LogP contribution in [-0.4, -0.2) is 35.0 Å². The van der Waals surface area contributed by atoms with Gasteiger partial charge in [0.05, 0.1) is 5.41 Å². The van der Waals surface area contributed by atoms with Crippen molar-refractivity contribution >= 4 is 11.9 Å². The van der Waals surface area contributed by atoms with Gasteiger partial charge in [-0.25, -0.2) is 0 Å². The van der Waals surface area contributed by atoms with E-state index in [0.29, 0.717) is 13.0 Å². The average molecular weight is 262 g/mol. The molecule has 0 bridgehead atoms. The Hall–Kier alpha value is -1.88. The van der Waals surface area contributed by atoms with Gasteiger partial charge in [0.25, 0.3) is 0 Å². The monoisotopic (exact) mass is 262 g/mol. The van der Waals surface area contributed by atoms with Gasteiger partial charge in [-0.05, 0) is 18.9 Å². The predicted octanol–water partition coefficient (Wildman–Crippen LogP) is 1.01. The van der Waals surface area contributed by atoms with E-state index in [4.69, 9.17) is 10.8 Å². The van der Waals surface area contributed by atoms with Gasteiger partial charge in [-0.3, -0.25) is 9.59 Å². The zero-order valence-electron chi connectivity index (χ0n) is 10.9. The molecule has 1 aliphatic heterocycles. The third-order valence-corrected chi connectivity index (χ3v) is 3.73. The molecule has 5 nitrogen and oxygen atoms in total. The van der Waals surface area contributed by atoms with Crippen LogP contribution in [0.5, 0.6) is 0 Å². The third kappa shape index (κ3) is 2.61. The summed E-state index contributed by atoms with van der Waals surface area (Å²) in [4.78, 5) is 25.0. The van der Waals surface area contributed by atoms with Crippen LogP contribution in [0.3, 0.4) is 0 Å². The largest absolute Gasteiger partial charge is 0.481 e. The molecule has 0 spiro atoms. The standard InChI is InChI=1S/C14H18N2O3/c1-14(13(18)19)7-8-16(9-14)12(17)11(15)10-5-3-2-4-6-10/h2-6,11H,7-9,15H2,1H3,(H,18,19). The van der Waals surface area contributed by atoms with Crippen molar-refractivity contribution < 1.29 is 14.7 Å². The number of nitrogens with zero attached hydrogens (tertiary/aromatic N) is 1. The molecule has 3 N–H and O–H groups in total. The second-order valence-corrected chi connectivity index (χ2v) is 5.26. The van der Waals surface area contributed by atoms with Gasteiger partial charge in [0.15, 0.2) is 0 Å². The molecule has 0 aromatic heterocycles. The summed E-state index contributed by atoms with van der Waals surface area (Å²) in [5, 5.41) is 9.16.